The summed E-state index contributed by atoms with van der Waals surface area (Å²) >= 11 is 0. The molecule has 0 aromatic heterocycles. The molecule has 0 radical (unpaired) electrons. The Morgan fingerprint density at radius 2 is 2.00 bits per heavy atom. The van der Waals surface area contributed by atoms with Crippen LogP contribution in [0.2, 0.25) is 0 Å². The summed E-state index contributed by atoms with van der Waals surface area (Å²) in [5.74, 6) is -1.87. The standard InChI is InChI=1S/C11H12N2O5/c1-11(2,10(15)16)12-9(14)7-4-3-5-8(6-7)13(17)18/h3-6H,1-2H3,(H,12,14)(H,15,16). The summed E-state index contributed by atoms with van der Waals surface area (Å²) in [5.41, 5.74) is -1.63. The summed E-state index contributed by atoms with van der Waals surface area (Å²) in [5, 5.41) is 21.7. The molecular weight excluding hydrogens is 240 g/mol. The molecular formula is C11H12N2O5. The van der Waals surface area contributed by atoms with Gasteiger partial charge < -0.3 is 10.4 Å². The summed E-state index contributed by atoms with van der Waals surface area (Å²) in [6, 6.07) is 5.08. The number of nitro benzene ring substituents is 1. The van der Waals surface area contributed by atoms with Crippen LogP contribution in [0.5, 0.6) is 0 Å². The number of amides is 1. The minimum Gasteiger partial charge on any atom is -0.480 e. The van der Waals surface area contributed by atoms with Crippen molar-refractivity contribution in [3.8, 4) is 0 Å². The second-order valence-electron chi connectivity index (χ2n) is 4.19. The number of hydrogen-bond acceptors (Lipinski definition) is 4. The van der Waals surface area contributed by atoms with Gasteiger partial charge >= 0.3 is 5.97 Å². The number of hydrogen-bond donors (Lipinski definition) is 2. The van der Waals surface area contributed by atoms with E-state index in [4.69, 9.17) is 5.11 Å². The van der Waals surface area contributed by atoms with Crippen LogP contribution in [0, 0.1) is 10.1 Å². The summed E-state index contributed by atoms with van der Waals surface area (Å²) < 4.78 is 0. The first-order valence-electron chi connectivity index (χ1n) is 5.04. The molecule has 0 aliphatic carbocycles. The summed E-state index contributed by atoms with van der Waals surface area (Å²) in [6.45, 7) is 2.65. The highest BCUT2D eigenvalue weighted by Crippen LogP contribution is 2.14. The van der Waals surface area contributed by atoms with E-state index in [1.807, 2.05) is 0 Å². The van der Waals surface area contributed by atoms with Crippen LogP contribution >= 0.6 is 0 Å². The Morgan fingerprint density at radius 1 is 1.39 bits per heavy atom. The summed E-state index contributed by atoms with van der Waals surface area (Å²) in [6.07, 6.45) is 0. The number of carbonyl (C=O) groups excluding carboxylic acids is 1. The number of carboxylic acid groups (broad SMARTS) is 1. The molecule has 1 aromatic rings. The molecule has 0 fully saturated rings. The van der Waals surface area contributed by atoms with Gasteiger partial charge in [0.15, 0.2) is 0 Å². The Hall–Kier alpha value is -2.44. The molecule has 2 N–H and O–H groups in total. The normalized spacial score (nSPS) is 10.8. The molecule has 1 rings (SSSR count). The predicted octanol–water partition coefficient (Wildman–Crippen LogP) is 1.19. The van der Waals surface area contributed by atoms with Crippen molar-refractivity contribution >= 4 is 17.6 Å². The first-order valence-corrected chi connectivity index (χ1v) is 5.04. The van der Waals surface area contributed by atoms with Crippen LogP contribution in [0.4, 0.5) is 5.69 Å². The van der Waals surface area contributed by atoms with E-state index in [2.05, 4.69) is 5.32 Å². The lowest BCUT2D eigenvalue weighted by Crippen LogP contribution is -2.49. The van der Waals surface area contributed by atoms with Crippen molar-refractivity contribution in [3.05, 3.63) is 39.9 Å². The number of benzene rings is 1. The Kier molecular flexibility index (Phi) is 3.65. The zero-order valence-electron chi connectivity index (χ0n) is 9.84. The number of aliphatic carboxylic acids is 1. The maximum absolute atomic E-state index is 11.7. The number of carbonyl (C=O) groups is 2. The zero-order chi connectivity index (χ0) is 13.9. The topological polar surface area (TPSA) is 110 Å². The van der Waals surface area contributed by atoms with Crippen LogP contribution in [0.25, 0.3) is 0 Å². The van der Waals surface area contributed by atoms with E-state index in [-0.39, 0.29) is 11.3 Å². The maximum Gasteiger partial charge on any atom is 0.328 e. The molecule has 1 amide bonds. The summed E-state index contributed by atoms with van der Waals surface area (Å²) in [4.78, 5) is 32.5. The SMILES string of the molecule is CC(C)(NC(=O)c1cccc([N+](=O)[O-])c1)C(=O)O. The first-order chi connectivity index (χ1) is 8.24. The van der Waals surface area contributed by atoms with Crippen LogP contribution in [0.15, 0.2) is 24.3 Å². The van der Waals surface area contributed by atoms with Gasteiger partial charge in [-0.05, 0) is 19.9 Å². The Bertz CT molecular complexity index is 510. The van der Waals surface area contributed by atoms with Gasteiger partial charge in [0.1, 0.15) is 5.54 Å². The fourth-order valence-corrected chi connectivity index (χ4v) is 1.17. The molecule has 0 saturated heterocycles. The Labute approximate surface area is 103 Å². The van der Waals surface area contributed by atoms with Crippen molar-refractivity contribution in [3.63, 3.8) is 0 Å². The van der Waals surface area contributed by atoms with E-state index in [9.17, 15) is 19.7 Å². The van der Waals surface area contributed by atoms with E-state index in [0.717, 1.165) is 6.07 Å². The molecule has 0 atom stereocenters. The van der Waals surface area contributed by atoms with Crippen molar-refractivity contribution in [2.24, 2.45) is 0 Å². The highest BCUT2D eigenvalue weighted by molar-refractivity contribution is 5.98. The van der Waals surface area contributed by atoms with Crippen molar-refractivity contribution in [2.75, 3.05) is 0 Å². The highest BCUT2D eigenvalue weighted by Gasteiger charge is 2.29. The lowest BCUT2D eigenvalue weighted by molar-refractivity contribution is -0.384. The van der Waals surface area contributed by atoms with E-state index in [1.165, 1.54) is 32.0 Å². The van der Waals surface area contributed by atoms with E-state index in [1.54, 1.807) is 0 Å². The third-order valence-corrected chi connectivity index (χ3v) is 2.28. The molecule has 0 aliphatic heterocycles. The molecule has 0 heterocycles. The van der Waals surface area contributed by atoms with Gasteiger partial charge in [-0.3, -0.25) is 14.9 Å². The minimum absolute atomic E-state index is 0.0403. The van der Waals surface area contributed by atoms with Gasteiger partial charge in [0.2, 0.25) is 0 Å². The van der Waals surface area contributed by atoms with Gasteiger partial charge in [0.05, 0.1) is 4.92 Å². The van der Waals surface area contributed by atoms with Crippen LogP contribution in [-0.4, -0.2) is 27.4 Å². The Morgan fingerprint density at radius 3 is 2.50 bits per heavy atom. The van der Waals surface area contributed by atoms with Crippen LogP contribution in [0.3, 0.4) is 0 Å². The zero-order valence-corrected chi connectivity index (χ0v) is 9.84. The molecule has 18 heavy (non-hydrogen) atoms. The fraction of sp³-hybridized carbons (Fsp3) is 0.273. The van der Waals surface area contributed by atoms with Crippen LogP contribution in [-0.2, 0) is 4.79 Å². The molecule has 0 aliphatic rings. The van der Waals surface area contributed by atoms with Gasteiger partial charge in [0.25, 0.3) is 11.6 Å². The van der Waals surface area contributed by atoms with Crippen molar-refractivity contribution < 1.29 is 19.6 Å². The van der Waals surface area contributed by atoms with Gasteiger partial charge in [-0.2, -0.15) is 0 Å². The number of non-ortho nitro benzene ring substituents is 1. The molecule has 0 unspecified atom stereocenters. The average molecular weight is 252 g/mol. The molecule has 0 bridgehead atoms. The summed E-state index contributed by atoms with van der Waals surface area (Å²) in [7, 11) is 0. The second-order valence-corrected chi connectivity index (χ2v) is 4.19. The lowest BCUT2D eigenvalue weighted by atomic mass is 10.1. The maximum atomic E-state index is 11.7. The smallest absolute Gasteiger partial charge is 0.328 e. The van der Waals surface area contributed by atoms with Crippen LogP contribution < -0.4 is 5.32 Å². The highest BCUT2D eigenvalue weighted by atomic mass is 16.6. The third-order valence-electron chi connectivity index (χ3n) is 2.28. The van der Waals surface area contributed by atoms with Crippen molar-refractivity contribution in [1.82, 2.24) is 5.32 Å². The van der Waals surface area contributed by atoms with Crippen molar-refractivity contribution in [1.29, 1.82) is 0 Å². The van der Waals surface area contributed by atoms with E-state index < -0.39 is 22.3 Å². The van der Waals surface area contributed by atoms with Gasteiger partial charge in [-0.1, -0.05) is 6.07 Å². The molecule has 7 heteroatoms. The minimum atomic E-state index is -1.44. The van der Waals surface area contributed by atoms with Gasteiger partial charge in [-0.25, -0.2) is 4.79 Å². The number of nitrogens with one attached hydrogen (secondary N) is 1. The third kappa shape index (κ3) is 3.03. The lowest BCUT2D eigenvalue weighted by Gasteiger charge is -2.20. The predicted molar refractivity (Wildman–Crippen MR) is 62.3 cm³/mol. The quantitative estimate of drug-likeness (QED) is 0.617. The number of nitro groups is 1. The van der Waals surface area contributed by atoms with E-state index in [0.29, 0.717) is 0 Å². The molecule has 7 nitrogen and oxygen atoms in total. The second kappa shape index (κ2) is 4.82. The van der Waals surface area contributed by atoms with Gasteiger partial charge in [-0.15, -0.1) is 0 Å². The molecule has 0 saturated carbocycles. The van der Waals surface area contributed by atoms with Crippen molar-refractivity contribution in [2.45, 2.75) is 19.4 Å². The monoisotopic (exact) mass is 252 g/mol. The van der Waals surface area contributed by atoms with E-state index >= 15 is 0 Å². The first kappa shape index (κ1) is 13.6. The number of rotatable bonds is 4. The molecule has 1 aromatic carbocycles. The van der Waals surface area contributed by atoms with Gasteiger partial charge in [0, 0.05) is 17.7 Å². The van der Waals surface area contributed by atoms with Crippen LogP contribution in [0.1, 0.15) is 24.2 Å². The molecule has 0 spiro atoms. The number of carboxylic acids is 1. The largest absolute Gasteiger partial charge is 0.480 e. The Balaban J connectivity index is 2.95. The molecule has 96 valence electrons. The average Bonchev–Trinajstić information content (AvgIpc) is 2.28. The fourth-order valence-electron chi connectivity index (χ4n) is 1.17. The number of nitrogens with zero attached hydrogens (tertiary/aromatic N) is 1.